The Labute approximate surface area is 97.4 Å². The van der Waals surface area contributed by atoms with Gasteiger partial charge in [-0.05, 0) is 12.0 Å². The number of aliphatic hydroxyl groups is 1. The summed E-state index contributed by atoms with van der Waals surface area (Å²) in [6, 6.07) is 8.57. The number of amides is 1. The van der Waals surface area contributed by atoms with E-state index in [1.807, 2.05) is 30.3 Å². The smallest absolute Gasteiger partial charge is 0.344 e. The number of nitrogens with one attached hydrogen (secondary N) is 1. The molecule has 1 aromatic rings. The maximum Gasteiger partial charge on any atom is 0.344 e. The summed E-state index contributed by atoms with van der Waals surface area (Å²) in [5, 5.41) is 20.9. The van der Waals surface area contributed by atoms with E-state index >= 15 is 0 Å². The van der Waals surface area contributed by atoms with E-state index < -0.39 is 29.3 Å². The summed E-state index contributed by atoms with van der Waals surface area (Å²) in [4.78, 5) is 22.1. The first-order valence-electron chi connectivity index (χ1n) is 5.11. The zero-order chi connectivity index (χ0) is 12.4. The molecule has 0 saturated carbocycles. The molecule has 0 spiro atoms. The van der Waals surface area contributed by atoms with Crippen molar-refractivity contribution >= 4 is 11.9 Å². The molecule has 0 aliphatic carbocycles. The Hall–Kier alpha value is -2.30. The van der Waals surface area contributed by atoms with E-state index in [0.717, 1.165) is 5.56 Å². The van der Waals surface area contributed by atoms with Crippen LogP contribution in [0.15, 0.2) is 41.7 Å². The first-order chi connectivity index (χ1) is 8.09. The predicted molar refractivity (Wildman–Crippen MR) is 59.4 cm³/mol. The number of carboxylic acid groups (broad SMARTS) is 1. The molecule has 1 unspecified atom stereocenters. The normalized spacial score (nSPS) is 19.3. The fraction of sp³-hybridized carbons (Fsp3) is 0.167. The van der Waals surface area contributed by atoms with Crippen LogP contribution in [-0.2, 0) is 16.0 Å². The van der Waals surface area contributed by atoms with Crippen LogP contribution in [0.4, 0.5) is 0 Å². The van der Waals surface area contributed by atoms with Crippen LogP contribution in [0.1, 0.15) is 5.56 Å². The van der Waals surface area contributed by atoms with Gasteiger partial charge in [0.2, 0.25) is 0 Å². The number of aliphatic hydroxyl groups excluding tert-OH is 1. The maximum atomic E-state index is 11.3. The first-order valence-corrected chi connectivity index (χ1v) is 5.11. The summed E-state index contributed by atoms with van der Waals surface area (Å²) < 4.78 is 0. The molecule has 1 amide bonds. The Morgan fingerprint density at radius 2 is 1.94 bits per heavy atom. The maximum absolute atomic E-state index is 11.3. The quantitative estimate of drug-likeness (QED) is 0.668. The third-order valence-electron chi connectivity index (χ3n) is 2.62. The van der Waals surface area contributed by atoms with E-state index in [4.69, 9.17) is 5.11 Å². The largest absolute Gasteiger partial charge is 0.509 e. The molecular weight excluding hydrogens is 222 g/mol. The van der Waals surface area contributed by atoms with Gasteiger partial charge in [-0.25, -0.2) is 4.79 Å². The van der Waals surface area contributed by atoms with Crippen LogP contribution in [0.25, 0.3) is 0 Å². The van der Waals surface area contributed by atoms with Crippen LogP contribution in [0.5, 0.6) is 0 Å². The number of carbonyl (C=O) groups is 2. The Morgan fingerprint density at radius 3 is 2.47 bits per heavy atom. The first kappa shape index (κ1) is 11.2. The summed E-state index contributed by atoms with van der Waals surface area (Å²) in [7, 11) is 0. The van der Waals surface area contributed by atoms with Crippen LogP contribution < -0.4 is 5.32 Å². The van der Waals surface area contributed by atoms with Crippen molar-refractivity contribution in [3.63, 3.8) is 0 Å². The summed E-state index contributed by atoms with van der Waals surface area (Å²) in [5.74, 6) is -2.54. The fourth-order valence-corrected chi connectivity index (χ4v) is 1.79. The molecule has 1 aromatic carbocycles. The van der Waals surface area contributed by atoms with Crippen LogP contribution in [-0.4, -0.2) is 28.1 Å². The Kier molecular flexibility index (Phi) is 2.82. The summed E-state index contributed by atoms with van der Waals surface area (Å²) in [6.45, 7) is 0. The van der Waals surface area contributed by atoms with Crippen molar-refractivity contribution in [1.29, 1.82) is 0 Å². The second kappa shape index (κ2) is 4.29. The Bertz CT molecular complexity index is 492. The van der Waals surface area contributed by atoms with Gasteiger partial charge in [0.1, 0.15) is 5.76 Å². The monoisotopic (exact) mass is 233 g/mol. The van der Waals surface area contributed by atoms with Crippen molar-refractivity contribution in [2.24, 2.45) is 0 Å². The van der Waals surface area contributed by atoms with E-state index in [9.17, 15) is 14.7 Å². The number of rotatable bonds is 3. The molecule has 2 rings (SSSR count). The third-order valence-corrected chi connectivity index (χ3v) is 2.62. The molecule has 0 aromatic heterocycles. The second-order valence-electron chi connectivity index (χ2n) is 3.78. The van der Waals surface area contributed by atoms with Gasteiger partial charge < -0.3 is 15.5 Å². The van der Waals surface area contributed by atoms with Crippen molar-refractivity contribution in [2.75, 3.05) is 0 Å². The lowest BCUT2D eigenvalue weighted by molar-refractivity contribution is -0.134. The van der Waals surface area contributed by atoms with Gasteiger partial charge in [-0.1, -0.05) is 30.3 Å². The lowest BCUT2D eigenvalue weighted by Crippen LogP contribution is -2.31. The van der Waals surface area contributed by atoms with E-state index in [1.165, 1.54) is 0 Å². The number of hydrogen-bond acceptors (Lipinski definition) is 3. The zero-order valence-electron chi connectivity index (χ0n) is 8.88. The average Bonchev–Trinajstić information content (AvgIpc) is 2.55. The van der Waals surface area contributed by atoms with Crippen molar-refractivity contribution in [1.82, 2.24) is 5.32 Å². The minimum absolute atomic E-state index is 0.370. The zero-order valence-corrected chi connectivity index (χ0v) is 8.88. The van der Waals surface area contributed by atoms with Crippen LogP contribution in [0, 0.1) is 0 Å². The molecule has 5 heteroatoms. The highest BCUT2D eigenvalue weighted by Crippen LogP contribution is 2.18. The van der Waals surface area contributed by atoms with Crippen LogP contribution in [0.3, 0.4) is 0 Å². The highest BCUT2D eigenvalue weighted by Gasteiger charge is 2.35. The van der Waals surface area contributed by atoms with E-state index in [-0.39, 0.29) is 0 Å². The molecule has 17 heavy (non-hydrogen) atoms. The third kappa shape index (κ3) is 2.13. The van der Waals surface area contributed by atoms with Crippen molar-refractivity contribution in [3.05, 3.63) is 47.2 Å². The van der Waals surface area contributed by atoms with Crippen LogP contribution in [0.2, 0.25) is 0 Å². The molecular formula is C12H11NO4. The summed E-state index contributed by atoms with van der Waals surface area (Å²) in [5.41, 5.74) is 0.349. The Balaban J connectivity index is 2.20. The molecule has 88 valence electrons. The molecule has 0 bridgehead atoms. The molecule has 0 saturated heterocycles. The molecule has 1 atom stereocenters. The molecule has 3 N–H and O–H groups in total. The highest BCUT2D eigenvalue weighted by atomic mass is 16.4. The van der Waals surface area contributed by atoms with Gasteiger partial charge in [-0.2, -0.15) is 0 Å². The molecule has 0 radical (unpaired) electrons. The SMILES string of the molecule is O=C(O)C1=C(O)C(Cc2ccccc2)NC1=O. The van der Waals surface area contributed by atoms with E-state index in [0.29, 0.717) is 6.42 Å². The van der Waals surface area contributed by atoms with E-state index in [1.54, 1.807) is 0 Å². The van der Waals surface area contributed by atoms with Gasteiger partial charge in [-0.3, -0.25) is 4.79 Å². The average molecular weight is 233 g/mol. The predicted octanol–water partition coefficient (Wildman–Crippen LogP) is 0.624. The standard InChI is InChI=1S/C12H11NO4/c14-10-8(6-7-4-2-1-3-5-7)13-11(15)9(10)12(16)17/h1-5,8,14H,6H2,(H,13,15)(H,16,17). The lowest BCUT2D eigenvalue weighted by atomic mass is 10.0. The molecule has 5 nitrogen and oxygen atoms in total. The van der Waals surface area contributed by atoms with Gasteiger partial charge >= 0.3 is 5.97 Å². The van der Waals surface area contributed by atoms with Crippen LogP contribution >= 0.6 is 0 Å². The molecule has 1 aliphatic rings. The number of aliphatic carboxylic acids is 1. The van der Waals surface area contributed by atoms with Gasteiger partial charge in [0.25, 0.3) is 5.91 Å². The van der Waals surface area contributed by atoms with Gasteiger partial charge in [-0.15, -0.1) is 0 Å². The van der Waals surface area contributed by atoms with Crippen molar-refractivity contribution < 1.29 is 19.8 Å². The van der Waals surface area contributed by atoms with Crippen molar-refractivity contribution in [3.8, 4) is 0 Å². The molecule has 0 fully saturated rings. The number of benzene rings is 1. The number of hydrogen-bond donors (Lipinski definition) is 3. The van der Waals surface area contributed by atoms with Gasteiger partial charge in [0, 0.05) is 0 Å². The summed E-state index contributed by atoms with van der Waals surface area (Å²) >= 11 is 0. The second-order valence-corrected chi connectivity index (χ2v) is 3.78. The topological polar surface area (TPSA) is 86.6 Å². The minimum atomic E-state index is -1.41. The molecule has 1 heterocycles. The number of carboxylic acids is 1. The highest BCUT2D eigenvalue weighted by molar-refractivity contribution is 6.18. The van der Waals surface area contributed by atoms with Gasteiger partial charge in [0.15, 0.2) is 5.57 Å². The van der Waals surface area contributed by atoms with E-state index in [2.05, 4.69) is 5.32 Å². The lowest BCUT2D eigenvalue weighted by Gasteiger charge is -2.10. The fourth-order valence-electron chi connectivity index (χ4n) is 1.79. The number of carbonyl (C=O) groups excluding carboxylic acids is 1. The molecule has 1 aliphatic heterocycles. The summed E-state index contributed by atoms with van der Waals surface area (Å²) in [6.07, 6.45) is 0.370. The minimum Gasteiger partial charge on any atom is -0.509 e. The Morgan fingerprint density at radius 1 is 1.29 bits per heavy atom. The van der Waals surface area contributed by atoms with Crippen molar-refractivity contribution in [2.45, 2.75) is 12.5 Å². The van der Waals surface area contributed by atoms with Gasteiger partial charge in [0.05, 0.1) is 6.04 Å².